The molecule has 2 fully saturated rings. The number of nitriles is 2. The molecule has 3 amide bonds. The number of hydrogen-bond donors (Lipinski definition) is 5. The maximum absolute atomic E-state index is 14.3. The lowest BCUT2D eigenvalue weighted by Gasteiger charge is -2.40. The zero-order chi connectivity index (χ0) is 50.2. The smallest absolute Gasteiger partial charge is 0.261 e. The quantitative estimate of drug-likeness (QED) is 0.0577. The molecule has 9 rings (SSSR count). The molecule has 0 spiro atoms. The number of piperidine rings is 2. The van der Waals surface area contributed by atoms with Gasteiger partial charge in [0, 0.05) is 81.3 Å². The molecule has 366 valence electrons. The Morgan fingerprint density at radius 3 is 1.68 bits per heavy atom. The summed E-state index contributed by atoms with van der Waals surface area (Å²) < 4.78 is 8.95. The fourth-order valence-corrected chi connectivity index (χ4v) is 9.83. The van der Waals surface area contributed by atoms with Crippen LogP contribution >= 0.6 is 0 Å². The molecule has 2 aliphatic rings. The summed E-state index contributed by atoms with van der Waals surface area (Å²) in [5, 5.41) is 44.6. The minimum Gasteiger partial charge on any atom is -0.497 e. The minimum absolute atomic E-state index is 0.123. The third kappa shape index (κ3) is 10.9. The molecule has 7 aromatic rings. The molecule has 4 heterocycles. The summed E-state index contributed by atoms with van der Waals surface area (Å²) in [7, 11) is 1.67. The first kappa shape index (κ1) is 48.5. The summed E-state index contributed by atoms with van der Waals surface area (Å²) in [5.74, 6) is 0.282. The predicted octanol–water partition coefficient (Wildman–Crippen LogP) is 8.85. The number of benzene rings is 5. The minimum atomic E-state index is -0.662. The highest BCUT2D eigenvalue weighted by molar-refractivity contribution is 6.08. The topological polar surface area (TPSA) is 224 Å². The van der Waals surface area contributed by atoms with Crippen LogP contribution < -0.4 is 31.7 Å². The summed E-state index contributed by atoms with van der Waals surface area (Å²) in [4.78, 5) is 43.2. The van der Waals surface area contributed by atoms with Crippen LogP contribution in [0.2, 0.25) is 0 Å². The van der Waals surface area contributed by atoms with Crippen LogP contribution in [0.4, 0.5) is 34.4 Å². The average Bonchev–Trinajstić information content (AvgIpc) is 4.02. The SMILES string of the molecule is COc1ccc2cc(CN3CCC(CC#N)(n4cc(C(=O)Nc5ccc(Nc6nn(C7(CC#N)CCN(Cc8ccc(NC(C)=O)cc8)CC7)cc6C(N)=O)cc5)c(Nc5ccccc5)n4)CC3)ccc2c1. The molecule has 17 nitrogen and oxygen atoms in total. The second-order valence-corrected chi connectivity index (χ2v) is 18.8. The summed E-state index contributed by atoms with van der Waals surface area (Å²) in [6.07, 6.45) is 6.39. The number of anilines is 6. The Hall–Kier alpha value is -8.51. The number of amides is 3. The molecule has 0 radical (unpaired) electrons. The summed E-state index contributed by atoms with van der Waals surface area (Å²) in [6, 6.07) is 41.6. The first-order valence-corrected chi connectivity index (χ1v) is 24.1. The van der Waals surface area contributed by atoms with E-state index in [0.29, 0.717) is 68.1 Å². The van der Waals surface area contributed by atoms with Crippen molar-refractivity contribution >= 4 is 62.9 Å². The van der Waals surface area contributed by atoms with Crippen LogP contribution in [0.1, 0.15) is 77.3 Å². The van der Waals surface area contributed by atoms with Crippen molar-refractivity contribution in [2.24, 2.45) is 5.73 Å². The summed E-state index contributed by atoms with van der Waals surface area (Å²) in [6.45, 7) is 5.84. The predicted molar refractivity (Wildman–Crippen MR) is 277 cm³/mol. The van der Waals surface area contributed by atoms with E-state index in [1.165, 1.54) is 12.5 Å². The Morgan fingerprint density at radius 1 is 0.625 bits per heavy atom. The highest BCUT2D eigenvalue weighted by atomic mass is 16.5. The second kappa shape index (κ2) is 21.2. The largest absolute Gasteiger partial charge is 0.497 e. The van der Waals surface area contributed by atoms with Gasteiger partial charge in [0.2, 0.25) is 5.91 Å². The van der Waals surface area contributed by atoms with E-state index in [1.54, 1.807) is 48.5 Å². The lowest BCUT2D eigenvalue weighted by Crippen LogP contribution is -2.46. The van der Waals surface area contributed by atoms with Gasteiger partial charge in [0.25, 0.3) is 11.8 Å². The number of nitrogens with two attached hydrogens (primary N) is 1. The Kier molecular flexibility index (Phi) is 14.3. The van der Waals surface area contributed by atoms with Gasteiger partial charge in [-0.3, -0.25) is 33.5 Å². The van der Waals surface area contributed by atoms with Crippen LogP contribution in [0.15, 0.2) is 128 Å². The monoisotopic (exact) mass is 963 g/mol. The number of likely N-dealkylation sites (tertiary alicyclic amines) is 2. The van der Waals surface area contributed by atoms with Crippen molar-refractivity contribution < 1.29 is 19.1 Å². The van der Waals surface area contributed by atoms with Crippen LogP contribution in [0, 0.1) is 22.7 Å². The zero-order valence-corrected chi connectivity index (χ0v) is 40.4. The molecule has 6 N–H and O–H groups in total. The second-order valence-electron chi connectivity index (χ2n) is 18.8. The van der Waals surface area contributed by atoms with Gasteiger partial charge in [-0.15, -0.1) is 0 Å². The molecule has 2 saturated heterocycles. The Morgan fingerprint density at radius 2 is 1.11 bits per heavy atom. The number of hydrogen-bond acceptors (Lipinski definition) is 12. The maximum atomic E-state index is 14.3. The van der Waals surface area contributed by atoms with E-state index in [9.17, 15) is 24.9 Å². The van der Waals surface area contributed by atoms with E-state index in [1.807, 2.05) is 71.4 Å². The number of fused-ring (bicyclic) bond motifs is 1. The molecule has 17 heteroatoms. The van der Waals surface area contributed by atoms with Gasteiger partial charge in [0.1, 0.15) is 16.9 Å². The van der Waals surface area contributed by atoms with Gasteiger partial charge >= 0.3 is 0 Å². The van der Waals surface area contributed by atoms with Crippen LogP contribution in [-0.4, -0.2) is 80.4 Å². The van der Waals surface area contributed by atoms with Crippen molar-refractivity contribution in [1.29, 1.82) is 10.5 Å². The van der Waals surface area contributed by atoms with E-state index in [2.05, 4.69) is 67.5 Å². The lowest BCUT2D eigenvalue weighted by molar-refractivity contribution is -0.114. The maximum Gasteiger partial charge on any atom is 0.261 e. The average molecular weight is 964 g/mol. The van der Waals surface area contributed by atoms with Gasteiger partial charge in [-0.2, -0.15) is 20.7 Å². The van der Waals surface area contributed by atoms with Crippen LogP contribution in [0.5, 0.6) is 5.75 Å². The number of ether oxygens (including phenoxy) is 1. The van der Waals surface area contributed by atoms with Crippen molar-refractivity contribution in [3.8, 4) is 17.9 Å². The normalized spacial score (nSPS) is 15.4. The number of rotatable bonds is 17. The number of nitrogens with zero attached hydrogens (tertiary/aromatic N) is 8. The number of methoxy groups -OCH3 is 1. The van der Waals surface area contributed by atoms with Crippen molar-refractivity contribution in [3.05, 3.63) is 150 Å². The standard InChI is InChI=1S/C55H57N13O4/c1-38(69)59-44-13-9-39(10-14-44)34-65-28-22-54(20-26-56,23-29-65)67-36-48(50(58)70)51(63-67)61-45-15-17-46(18-16-45)62-53(71)49-37-68(64-52(49)60-43-6-4-3-5-7-43)55(21-27-57)24-30-66(31-25-55)35-40-8-11-42-33-47(72-2)19-12-41(42)32-40/h3-19,32-33,36-37H,20-25,28-31,34-35H2,1-2H3,(H2,58,70)(H,59,69)(H,60,64)(H,61,63)(H,62,71). The van der Waals surface area contributed by atoms with E-state index in [4.69, 9.17) is 20.7 Å². The van der Waals surface area contributed by atoms with Crippen molar-refractivity contribution in [2.45, 2.75) is 69.6 Å². The van der Waals surface area contributed by atoms with E-state index >= 15 is 0 Å². The number of aromatic nitrogens is 4. The van der Waals surface area contributed by atoms with Gasteiger partial charge in [-0.25, -0.2) is 0 Å². The Balaban J connectivity index is 0.877. The van der Waals surface area contributed by atoms with E-state index in [-0.39, 0.29) is 36.0 Å². The summed E-state index contributed by atoms with van der Waals surface area (Å²) in [5.41, 5.74) is 10.0. The van der Waals surface area contributed by atoms with E-state index in [0.717, 1.165) is 53.1 Å². The highest BCUT2D eigenvalue weighted by Crippen LogP contribution is 2.38. The molecular formula is C55H57N13O4. The van der Waals surface area contributed by atoms with Gasteiger partial charge in [-0.05, 0) is 114 Å². The Bertz CT molecular complexity index is 3150. The molecule has 5 aromatic carbocycles. The number of nitrogens with one attached hydrogen (secondary N) is 4. The molecule has 72 heavy (non-hydrogen) atoms. The first-order valence-electron chi connectivity index (χ1n) is 24.1. The number of primary amides is 1. The highest BCUT2D eigenvalue weighted by Gasteiger charge is 2.40. The molecule has 2 aromatic heterocycles. The fraction of sp³-hybridized carbons (Fsp3) is 0.291. The Labute approximate surface area is 418 Å². The number of para-hydroxylation sites is 1. The summed E-state index contributed by atoms with van der Waals surface area (Å²) >= 11 is 0. The van der Waals surface area contributed by atoms with Gasteiger partial charge < -0.3 is 31.7 Å². The van der Waals surface area contributed by atoms with Crippen molar-refractivity contribution in [3.63, 3.8) is 0 Å². The van der Waals surface area contributed by atoms with Crippen LogP contribution in [0.25, 0.3) is 10.8 Å². The third-order valence-corrected chi connectivity index (χ3v) is 13.9. The van der Waals surface area contributed by atoms with Crippen LogP contribution in [-0.2, 0) is 29.0 Å². The lowest BCUT2D eigenvalue weighted by atomic mass is 9.84. The van der Waals surface area contributed by atoms with E-state index < -0.39 is 17.0 Å². The molecule has 0 saturated carbocycles. The first-order chi connectivity index (χ1) is 34.9. The third-order valence-electron chi connectivity index (χ3n) is 13.9. The van der Waals surface area contributed by atoms with Crippen molar-refractivity contribution in [2.75, 3.05) is 54.6 Å². The van der Waals surface area contributed by atoms with Gasteiger partial charge in [-0.1, -0.05) is 48.5 Å². The molecule has 0 bridgehead atoms. The molecule has 0 unspecified atom stereocenters. The van der Waals surface area contributed by atoms with Crippen LogP contribution in [0.3, 0.4) is 0 Å². The van der Waals surface area contributed by atoms with Gasteiger partial charge in [0.15, 0.2) is 11.6 Å². The molecule has 2 aliphatic heterocycles. The fourth-order valence-electron chi connectivity index (χ4n) is 9.83. The number of carbonyl (C=O) groups excluding carboxylic acids is 3. The molecule has 0 atom stereocenters. The van der Waals surface area contributed by atoms with Crippen molar-refractivity contribution in [1.82, 2.24) is 29.4 Å². The number of carbonyl (C=O) groups is 3. The molecule has 0 aliphatic carbocycles. The molecular weight excluding hydrogens is 907 g/mol. The zero-order valence-electron chi connectivity index (χ0n) is 40.4. The van der Waals surface area contributed by atoms with Gasteiger partial charge in [0.05, 0.1) is 43.2 Å².